The average molecular weight is 262 g/mol. The largest absolute Gasteiger partial charge is 0.396 e. The first-order valence-electron chi connectivity index (χ1n) is 6.90. The normalized spacial score (nSPS) is 16.7. The van der Waals surface area contributed by atoms with Crippen molar-refractivity contribution in [2.45, 2.75) is 37.0 Å². The molecule has 0 atom stereocenters. The Kier molecular flexibility index (Phi) is 5.82. The van der Waals surface area contributed by atoms with Crippen LogP contribution in [-0.4, -0.2) is 17.5 Å². The predicted molar refractivity (Wildman–Crippen MR) is 79.9 cm³/mol. The van der Waals surface area contributed by atoms with Crippen molar-refractivity contribution in [3.05, 3.63) is 35.9 Å². The molecule has 0 radical (unpaired) electrons. The fraction of sp³-hybridized carbons (Fsp3) is 0.500. The van der Waals surface area contributed by atoms with E-state index in [0.717, 1.165) is 18.1 Å². The van der Waals surface area contributed by atoms with Gasteiger partial charge in [-0.15, -0.1) is 11.8 Å². The van der Waals surface area contributed by atoms with E-state index in [4.69, 9.17) is 5.11 Å². The number of aliphatic hydroxyl groups is 1. The van der Waals surface area contributed by atoms with Crippen molar-refractivity contribution in [1.82, 2.24) is 0 Å². The smallest absolute Gasteiger partial charge is 0.0439 e. The summed E-state index contributed by atoms with van der Waals surface area (Å²) in [6, 6.07) is 8.68. The van der Waals surface area contributed by atoms with Crippen LogP contribution in [0.15, 0.2) is 35.2 Å². The molecule has 0 unspecified atom stereocenters. The molecule has 18 heavy (non-hydrogen) atoms. The molecule has 1 nitrogen and oxygen atoms in total. The summed E-state index contributed by atoms with van der Waals surface area (Å²) >= 11 is 1.82. The minimum absolute atomic E-state index is 0.286. The Hall–Kier alpha value is -0.730. The van der Waals surface area contributed by atoms with Gasteiger partial charge in [-0.1, -0.05) is 37.1 Å². The molecule has 1 aliphatic rings. The quantitative estimate of drug-likeness (QED) is 0.607. The Morgan fingerprint density at radius 1 is 1.28 bits per heavy atom. The molecule has 1 N–H and O–H groups in total. The van der Waals surface area contributed by atoms with Gasteiger partial charge in [-0.3, -0.25) is 0 Å². The Morgan fingerprint density at radius 3 is 2.89 bits per heavy atom. The number of allylic oxidation sites excluding steroid dienone is 1. The summed E-state index contributed by atoms with van der Waals surface area (Å²) in [7, 11) is 0. The van der Waals surface area contributed by atoms with E-state index >= 15 is 0 Å². The van der Waals surface area contributed by atoms with E-state index in [1.54, 1.807) is 0 Å². The minimum Gasteiger partial charge on any atom is -0.396 e. The zero-order chi connectivity index (χ0) is 12.6. The lowest BCUT2D eigenvalue weighted by atomic mass is 10.1. The molecule has 0 saturated heterocycles. The molecule has 2 heteroatoms. The predicted octanol–water partition coefficient (Wildman–Crippen LogP) is 4.36. The van der Waals surface area contributed by atoms with Crippen LogP contribution in [-0.2, 0) is 0 Å². The maximum absolute atomic E-state index is 8.78. The number of benzene rings is 1. The molecule has 0 amide bonds. The topological polar surface area (TPSA) is 20.2 Å². The third kappa shape index (κ3) is 4.51. The zero-order valence-electron chi connectivity index (χ0n) is 10.8. The Labute approximate surface area is 114 Å². The number of rotatable bonds is 6. The summed E-state index contributed by atoms with van der Waals surface area (Å²) in [4.78, 5) is 1.30. The molecule has 1 saturated carbocycles. The van der Waals surface area contributed by atoms with E-state index in [1.807, 2.05) is 11.8 Å². The monoisotopic (exact) mass is 262 g/mol. The van der Waals surface area contributed by atoms with Gasteiger partial charge in [0.2, 0.25) is 0 Å². The maximum atomic E-state index is 8.78. The van der Waals surface area contributed by atoms with Gasteiger partial charge < -0.3 is 5.11 Å². The van der Waals surface area contributed by atoms with Gasteiger partial charge in [0.05, 0.1) is 0 Å². The number of hydrogen-bond acceptors (Lipinski definition) is 2. The van der Waals surface area contributed by atoms with Crippen LogP contribution in [0.25, 0.3) is 6.08 Å². The summed E-state index contributed by atoms with van der Waals surface area (Å²) in [5.41, 5.74) is 1.30. The van der Waals surface area contributed by atoms with Gasteiger partial charge in [0.1, 0.15) is 0 Å². The molecule has 0 bridgehead atoms. The van der Waals surface area contributed by atoms with E-state index in [1.165, 1.54) is 36.1 Å². The van der Waals surface area contributed by atoms with Crippen LogP contribution in [0.1, 0.15) is 37.7 Å². The van der Waals surface area contributed by atoms with Crippen LogP contribution in [0.3, 0.4) is 0 Å². The fourth-order valence-corrected chi connectivity index (χ4v) is 3.26. The van der Waals surface area contributed by atoms with Gasteiger partial charge in [0.15, 0.2) is 0 Å². The average Bonchev–Trinajstić information content (AvgIpc) is 2.90. The molecule has 1 aliphatic carbocycles. The third-order valence-corrected chi connectivity index (χ3v) is 4.47. The van der Waals surface area contributed by atoms with Crippen LogP contribution >= 0.6 is 11.8 Å². The maximum Gasteiger partial charge on any atom is 0.0439 e. The lowest BCUT2D eigenvalue weighted by Crippen LogP contribution is -1.86. The van der Waals surface area contributed by atoms with Crippen LogP contribution in [0.5, 0.6) is 0 Å². The number of hydrogen-bond donors (Lipinski definition) is 1. The Balaban J connectivity index is 1.89. The van der Waals surface area contributed by atoms with Gasteiger partial charge >= 0.3 is 0 Å². The van der Waals surface area contributed by atoms with Gasteiger partial charge in [0, 0.05) is 17.3 Å². The lowest BCUT2D eigenvalue weighted by Gasteiger charge is -2.03. The molecule has 0 heterocycles. The van der Waals surface area contributed by atoms with E-state index in [9.17, 15) is 0 Å². The van der Waals surface area contributed by atoms with Crippen molar-refractivity contribution < 1.29 is 5.11 Å². The van der Waals surface area contributed by atoms with Crippen LogP contribution in [0, 0.1) is 5.92 Å². The van der Waals surface area contributed by atoms with Crippen molar-refractivity contribution in [1.29, 1.82) is 0 Å². The van der Waals surface area contributed by atoms with E-state index in [2.05, 4.69) is 36.4 Å². The van der Waals surface area contributed by atoms with Crippen molar-refractivity contribution >= 4 is 17.8 Å². The Bertz CT molecular complexity index is 380. The summed E-state index contributed by atoms with van der Waals surface area (Å²) < 4.78 is 0. The van der Waals surface area contributed by atoms with Crippen molar-refractivity contribution in [2.24, 2.45) is 5.92 Å². The van der Waals surface area contributed by atoms with Gasteiger partial charge in [0.25, 0.3) is 0 Å². The number of thioether (sulfide) groups is 1. The molecular formula is C16H22OS. The first-order valence-corrected chi connectivity index (χ1v) is 7.89. The summed E-state index contributed by atoms with van der Waals surface area (Å²) in [6.45, 7) is 0.286. The highest BCUT2D eigenvalue weighted by Gasteiger charge is 2.10. The molecule has 0 aromatic heterocycles. The highest BCUT2D eigenvalue weighted by atomic mass is 32.2. The van der Waals surface area contributed by atoms with Crippen LogP contribution in [0.2, 0.25) is 0 Å². The van der Waals surface area contributed by atoms with E-state index in [-0.39, 0.29) is 6.61 Å². The molecule has 2 rings (SSSR count). The van der Waals surface area contributed by atoms with Gasteiger partial charge in [-0.25, -0.2) is 0 Å². The van der Waals surface area contributed by atoms with E-state index < -0.39 is 0 Å². The van der Waals surface area contributed by atoms with E-state index in [0.29, 0.717) is 0 Å². The van der Waals surface area contributed by atoms with Crippen LogP contribution < -0.4 is 0 Å². The summed E-state index contributed by atoms with van der Waals surface area (Å²) in [6.07, 6.45) is 11.0. The summed E-state index contributed by atoms with van der Waals surface area (Å²) in [5, 5.41) is 8.78. The third-order valence-electron chi connectivity index (χ3n) is 3.39. The first kappa shape index (κ1) is 13.7. The second-order valence-corrected chi connectivity index (χ2v) is 6.07. The fourth-order valence-electron chi connectivity index (χ4n) is 2.36. The zero-order valence-corrected chi connectivity index (χ0v) is 11.7. The highest BCUT2D eigenvalue weighted by molar-refractivity contribution is 7.99. The molecule has 0 aliphatic heterocycles. The Morgan fingerprint density at radius 2 is 2.11 bits per heavy atom. The molecule has 1 fully saturated rings. The van der Waals surface area contributed by atoms with Gasteiger partial charge in [-0.2, -0.15) is 0 Å². The molecule has 0 spiro atoms. The standard InChI is InChI=1S/C16H22OS/c17-11-4-12-18-16-8-3-7-15(13-16)10-9-14-5-1-2-6-14/h3,7-10,13-14,17H,1-2,4-6,11-12H2/b10-9+. The highest BCUT2D eigenvalue weighted by Crippen LogP contribution is 2.27. The second-order valence-electron chi connectivity index (χ2n) is 4.90. The number of aliphatic hydroxyl groups excluding tert-OH is 1. The minimum atomic E-state index is 0.286. The van der Waals surface area contributed by atoms with Crippen molar-refractivity contribution in [2.75, 3.05) is 12.4 Å². The molecular weight excluding hydrogens is 240 g/mol. The SMILES string of the molecule is OCCCSc1cccc(/C=C/C2CCCC2)c1. The van der Waals surface area contributed by atoms with Crippen molar-refractivity contribution in [3.63, 3.8) is 0 Å². The van der Waals surface area contributed by atoms with Crippen LogP contribution in [0.4, 0.5) is 0 Å². The van der Waals surface area contributed by atoms with Crippen molar-refractivity contribution in [3.8, 4) is 0 Å². The summed E-state index contributed by atoms with van der Waals surface area (Å²) in [5.74, 6) is 1.79. The molecule has 98 valence electrons. The lowest BCUT2D eigenvalue weighted by molar-refractivity contribution is 0.296. The molecule has 1 aromatic carbocycles. The molecule has 1 aromatic rings. The first-order chi connectivity index (χ1) is 8.88. The van der Waals surface area contributed by atoms with Gasteiger partial charge in [-0.05, 0) is 42.9 Å². The second kappa shape index (κ2) is 7.65.